The van der Waals surface area contributed by atoms with Crippen molar-refractivity contribution in [3.05, 3.63) is 29.3 Å². The molecule has 1 aliphatic carbocycles. The Labute approximate surface area is 93.5 Å². The molecule has 0 spiro atoms. The van der Waals surface area contributed by atoms with Crippen LogP contribution in [0.25, 0.3) is 0 Å². The molecule has 0 heterocycles. The minimum absolute atomic E-state index is 0.388. The number of rotatable bonds is 3. The monoisotopic (exact) mass is 222 g/mol. The van der Waals surface area contributed by atoms with Crippen LogP contribution in [0.3, 0.4) is 0 Å². The summed E-state index contributed by atoms with van der Waals surface area (Å²) in [6.07, 6.45) is 0.299. The van der Waals surface area contributed by atoms with E-state index in [9.17, 15) is 9.90 Å². The van der Waals surface area contributed by atoms with E-state index in [0.717, 1.165) is 24.0 Å². The smallest absolute Gasteiger partial charge is 0.344 e. The molecule has 4 nitrogen and oxygen atoms in total. The molecule has 0 saturated carbocycles. The average molecular weight is 222 g/mol. The van der Waals surface area contributed by atoms with Crippen LogP contribution in [0.4, 0.5) is 0 Å². The van der Waals surface area contributed by atoms with Crippen molar-refractivity contribution in [1.29, 1.82) is 0 Å². The van der Waals surface area contributed by atoms with Gasteiger partial charge in [0.1, 0.15) is 5.75 Å². The third kappa shape index (κ3) is 2.02. The Bertz CT molecular complexity index is 413. The van der Waals surface area contributed by atoms with E-state index in [1.54, 1.807) is 12.1 Å². The number of aliphatic carboxylic acids is 1. The maximum Gasteiger partial charge on any atom is 0.344 e. The van der Waals surface area contributed by atoms with Gasteiger partial charge in [0, 0.05) is 0 Å². The number of aliphatic hydroxyl groups excluding tert-OH is 1. The van der Waals surface area contributed by atoms with Crippen molar-refractivity contribution >= 4 is 5.97 Å². The van der Waals surface area contributed by atoms with Crippen molar-refractivity contribution in [3.8, 4) is 5.75 Å². The van der Waals surface area contributed by atoms with Crippen LogP contribution in [0.1, 0.15) is 30.6 Å². The second-order valence-electron chi connectivity index (χ2n) is 4.01. The first-order chi connectivity index (χ1) is 7.58. The highest BCUT2D eigenvalue weighted by atomic mass is 16.5. The van der Waals surface area contributed by atoms with Gasteiger partial charge >= 0.3 is 5.97 Å². The fraction of sp³-hybridized carbons (Fsp3) is 0.417. The first-order valence-electron chi connectivity index (χ1n) is 5.28. The van der Waals surface area contributed by atoms with E-state index in [1.807, 2.05) is 6.07 Å². The Hall–Kier alpha value is -1.55. The average Bonchev–Trinajstić information content (AvgIpc) is 2.60. The molecule has 0 aliphatic heterocycles. The van der Waals surface area contributed by atoms with Crippen LogP contribution in [0.2, 0.25) is 0 Å². The summed E-state index contributed by atoms with van der Waals surface area (Å²) < 4.78 is 5.26. The van der Waals surface area contributed by atoms with Gasteiger partial charge in [0.15, 0.2) is 6.10 Å². The lowest BCUT2D eigenvalue weighted by molar-refractivity contribution is -0.144. The van der Waals surface area contributed by atoms with E-state index in [2.05, 4.69) is 0 Å². The largest absolute Gasteiger partial charge is 0.479 e. The zero-order valence-electron chi connectivity index (χ0n) is 9.01. The number of fused-ring (bicyclic) bond motifs is 1. The first kappa shape index (κ1) is 11.0. The van der Waals surface area contributed by atoms with Crippen LogP contribution in [0, 0.1) is 0 Å². The van der Waals surface area contributed by atoms with Gasteiger partial charge in [-0.2, -0.15) is 0 Å². The minimum Gasteiger partial charge on any atom is -0.479 e. The van der Waals surface area contributed by atoms with Crippen molar-refractivity contribution in [3.63, 3.8) is 0 Å². The van der Waals surface area contributed by atoms with E-state index >= 15 is 0 Å². The van der Waals surface area contributed by atoms with Crippen LogP contribution in [-0.4, -0.2) is 22.3 Å². The summed E-state index contributed by atoms with van der Waals surface area (Å²) in [4.78, 5) is 10.6. The predicted molar refractivity (Wildman–Crippen MR) is 57.4 cm³/mol. The van der Waals surface area contributed by atoms with Crippen LogP contribution in [0.15, 0.2) is 18.2 Å². The Morgan fingerprint density at radius 2 is 2.31 bits per heavy atom. The summed E-state index contributed by atoms with van der Waals surface area (Å²) in [7, 11) is 0. The number of benzene rings is 1. The molecule has 16 heavy (non-hydrogen) atoms. The molecular weight excluding hydrogens is 208 g/mol. The van der Waals surface area contributed by atoms with Gasteiger partial charge in [-0.05, 0) is 43.0 Å². The number of aryl methyl sites for hydroxylation is 1. The molecule has 2 N–H and O–H groups in total. The molecule has 1 aromatic rings. The van der Waals surface area contributed by atoms with E-state index in [0.29, 0.717) is 5.75 Å². The quantitative estimate of drug-likeness (QED) is 0.813. The highest BCUT2D eigenvalue weighted by molar-refractivity contribution is 5.72. The number of carbonyl (C=O) groups is 1. The van der Waals surface area contributed by atoms with Gasteiger partial charge in [0.2, 0.25) is 0 Å². The molecule has 2 rings (SSSR count). The molecule has 1 aliphatic rings. The summed E-state index contributed by atoms with van der Waals surface area (Å²) in [5.74, 6) is -0.441. The fourth-order valence-electron chi connectivity index (χ4n) is 1.90. The Kier molecular flexibility index (Phi) is 2.83. The number of carboxylic acids is 1. The van der Waals surface area contributed by atoms with E-state index in [4.69, 9.17) is 9.84 Å². The molecule has 86 valence electrons. The van der Waals surface area contributed by atoms with E-state index in [-0.39, 0.29) is 6.10 Å². The Morgan fingerprint density at radius 1 is 1.56 bits per heavy atom. The van der Waals surface area contributed by atoms with E-state index in [1.165, 1.54) is 6.92 Å². The van der Waals surface area contributed by atoms with Crippen LogP contribution in [-0.2, 0) is 11.2 Å². The van der Waals surface area contributed by atoms with Crippen LogP contribution in [0.5, 0.6) is 5.75 Å². The van der Waals surface area contributed by atoms with Gasteiger partial charge in [0.25, 0.3) is 0 Å². The van der Waals surface area contributed by atoms with Gasteiger partial charge in [-0.15, -0.1) is 0 Å². The summed E-state index contributed by atoms with van der Waals surface area (Å²) in [5, 5.41) is 18.3. The summed E-state index contributed by atoms with van der Waals surface area (Å²) in [6, 6.07) is 5.31. The zero-order chi connectivity index (χ0) is 11.7. The number of aliphatic hydroxyl groups is 1. The third-order valence-corrected chi connectivity index (χ3v) is 2.82. The van der Waals surface area contributed by atoms with Gasteiger partial charge in [-0.1, -0.05) is 6.07 Å². The van der Waals surface area contributed by atoms with Gasteiger partial charge in [0.05, 0.1) is 6.10 Å². The number of ether oxygens (including phenoxy) is 1. The second kappa shape index (κ2) is 4.14. The molecule has 1 unspecified atom stereocenters. The Balaban J connectivity index is 2.16. The van der Waals surface area contributed by atoms with Crippen LogP contribution >= 0.6 is 0 Å². The standard InChI is InChI=1S/C12H14O4/c1-7(12(14)15)16-9-3-4-10-8(6-9)2-5-11(10)13/h3-4,6-7,11,13H,2,5H2,1H3,(H,14,15)/t7?,11-/m0/s1. The molecule has 0 radical (unpaired) electrons. The number of hydrogen-bond donors (Lipinski definition) is 2. The van der Waals surface area contributed by atoms with Crippen LogP contribution < -0.4 is 4.74 Å². The van der Waals surface area contributed by atoms with Crippen molar-refractivity contribution in [1.82, 2.24) is 0 Å². The molecule has 0 fully saturated rings. The second-order valence-corrected chi connectivity index (χ2v) is 4.01. The van der Waals surface area contributed by atoms with E-state index < -0.39 is 12.1 Å². The Morgan fingerprint density at radius 3 is 3.00 bits per heavy atom. The summed E-state index contributed by atoms with van der Waals surface area (Å²) >= 11 is 0. The van der Waals surface area contributed by atoms with Gasteiger partial charge in [-0.3, -0.25) is 0 Å². The summed E-state index contributed by atoms with van der Waals surface area (Å²) in [5.41, 5.74) is 1.97. The normalized spacial score (nSPS) is 20.2. The summed E-state index contributed by atoms with van der Waals surface area (Å²) in [6.45, 7) is 1.49. The number of carboxylic acid groups (broad SMARTS) is 1. The molecule has 0 aromatic heterocycles. The molecular formula is C12H14O4. The molecule has 2 atom stereocenters. The van der Waals surface area contributed by atoms with Gasteiger partial charge < -0.3 is 14.9 Å². The third-order valence-electron chi connectivity index (χ3n) is 2.82. The molecule has 1 aromatic carbocycles. The molecule has 0 saturated heterocycles. The lowest BCUT2D eigenvalue weighted by Gasteiger charge is -2.11. The number of hydrogen-bond acceptors (Lipinski definition) is 3. The molecule has 4 heteroatoms. The SMILES string of the molecule is CC(Oc1ccc2c(c1)CC[C@@H]2O)C(=O)O. The maximum absolute atomic E-state index is 10.6. The minimum atomic E-state index is -0.986. The molecule has 0 bridgehead atoms. The highest BCUT2D eigenvalue weighted by Crippen LogP contribution is 2.33. The van der Waals surface area contributed by atoms with Crippen molar-refractivity contribution in [2.75, 3.05) is 0 Å². The maximum atomic E-state index is 10.6. The van der Waals surface area contributed by atoms with Crippen molar-refractivity contribution in [2.45, 2.75) is 32.0 Å². The predicted octanol–water partition coefficient (Wildman–Crippen LogP) is 1.52. The highest BCUT2D eigenvalue weighted by Gasteiger charge is 2.21. The molecule has 0 amide bonds. The first-order valence-corrected chi connectivity index (χ1v) is 5.28. The topological polar surface area (TPSA) is 66.8 Å². The lowest BCUT2D eigenvalue weighted by atomic mass is 10.1. The van der Waals surface area contributed by atoms with Gasteiger partial charge in [-0.25, -0.2) is 4.79 Å². The lowest BCUT2D eigenvalue weighted by Crippen LogP contribution is -2.22. The van der Waals surface area contributed by atoms with Crippen molar-refractivity contribution in [2.24, 2.45) is 0 Å². The zero-order valence-corrected chi connectivity index (χ0v) is 9.01. The fourth-order valence-corrected chi connectivity index (χ4v) is 1.90. The van der Waals surface area contributed by atoms with Crippen molar-refractivity contribution < 1.29 is 19.7 Å².